The van der Waals surface area contributed by atoms with Gasteiger partial charge in [-0.25, -0.2) is 0 Å². The van der Waals surface area contributed by atoms with Gasteiger partial charge in [0.05, 0.1) is 63.6 Å². The average Bonchev–Trinajstić information content (AvgIpc) is 2.75. The molecule has 31 heavy (non-hydrogen) atoms. The highest BCUT2D eigenvalue weighted by Crippen LogP contribution is 2.01. The Bertz CT molecular complexity index is 367. The summed E-state index contributed by atoms with van der Waals surface area (Å²) < 4.78 is 21.5. The average molecular weight is 457 g/mol. The molecule has 5 atom stereocenters. The normalized spacial score (nSPS) is 15.4. The van der Waals surface area contributed by atoms with Crippen LogP contribution in [-0.2, 0) is 23.7 Å². The van der Waals surface area contributed by atoms with Crippen molar-refractivity contribution in [2.24, 2.45) is 0 Å². The van der Waals surface area contributed by atoms with Crippen LogP contribution in [0.4, 0.5) is 0 Å². The van der Waals surface area contributed by atoms with Gasteiger partial charge in [0.15, 0.2) is 0 Å². The lowest BCUT2D eigenvalue weighted by molar-refractivity contribution is -0.136. The van der Waals surface area contributed by atoms with Gasteiger partial charge in [0, 0.05) is 13.0 Å². The number of aliphatic carboxylic acids is 1. The second kappa shape index (κ2) is 25.5. The molecule has 0 rings (SSSR count). The monoisotopic (exact) mass is 456 g/mol. The lowest BCUT2D eigenvalue weighted by atomic mass is 10.3. The molecule has 0 fully saturated rings. The molecule has 0 heterocycles. The van der Waals surface area contributed by atoms with Gasteiger partial charge in [-0.3, -0.25) is 4.79 Å². The van der Waals surface area contributed by atoms with Gasteiger partial charge in [-0.1, -0.05) is 20.3 Å². The molecule has 4 N–H and O–H groups in total. The molecular formula is C22H48O9. The molecule has 0 aromatic rings. The summed E-state index contributed by atoms with van der Waals surface area (Å²) in [5.74, 6) is -0.745. The highest BCUT2D eigenvalue weighted by atomic mass is 16.6. The molecule has 0 aromatic carbocycles. The van der Waals surface area contributed by atoms with E-state index in [0.29, 0.717) is 19.8 Å². The second-order valence-electron chi connectivity index (χ2n) is 7.43. The first-order valence-corrected chi connectivity index (χ1v) is 11.1. The predicted molar refractivity (Wildman–Crippen MR) is 120 cm³/mol. The van der Waals surface area contributed by atoms with Crippen molar-refractivity contribution in [3.05, 3.63) is 0 Å². The molecule has 0 bridgehead atoms. The minimum atomic E-state index is -0.745. The van der Waals surface area contributed by atoms with E-state index in [9.17, 15) is 4.79 Å². The number of carboxylic acid groups (broad SMARTS) is 1. The van der Waals surface area contributed by atoms with E-state index >= 15 is 0 Å². The van der Waals surface area contributed by atoms with Gasteiger partial charge >= 0.3 is 5.97 Å². The van der Waals surface area contributed by atoms with E-state index in [0.717, 1.165) is 19.4 Å². The minimum Gasteiger partial charge on any atom is -0.481 e. The Balaban J connectivity index is -0.000000465. The first-order valence-electron chi connectivity index (χ1n) is 11.1. The van der Waals surface area contributed by atoms with Crippen molar-refractivity contribution in [1.82, 2.24) is 0 Å². The number of carboxylic acids is 1. The van der Waals surface area contributed by atoms with Crippen molar-refractivity contribution in [2.45, 2.75) is 98.2 Å². The fourth-order valence-electron chi connectivity index (χ4n) is 1.53. The van der Waals surface area contributed by atoms with Gasteiger partial charge in [0.2, 0.25) is 0 Å². The lowest BCUT2D eigenvalue weighted by Gasteiger charge is -2.19. The number of aliphatic hydroxyl groups excluding tert-OH is 3. The van der Waals surface area contributed by atoms with E-state index in [-0.39, 0.29) is 44.1 Å². The summed E-state index contributed by atoms with van der Waals surface area (Å²) in [7, 11) is 0. The molecular weight excluding hydrogens is 408 g/mol. The molecule has 190 valence electrons. The van der Waals surface area contributed by atoms with Crippen LogP contribution >= 0.6 is 0 Å². The molecule has 0 aliphatic heterocycles. The van der Waals surface area contributed by atoms with E-state index in [1.165, 1.54) is 0 Å². The van der Waals surface area contributed by atoms with Crippen LogP contribution in [-0.4, -0.2) is 96.6 Å². The zero-order valence-corrected chi connectivity index (χ0v) is 20.6. The lowest BCUT2D eigenvalue weighted by Crippen LogP contribution is -2.26. The van der Waals surface area contributed by atoms with Gasteiger partial charge in [-0.15, -0.1) is 0 Å². The maximum atomic E-state index is 9.37. The van der Waals surface area contributed by atoms with Crippen LogP contribution in [0, 0.1) is 0 Å². The van der Waals surface area contributed by atoms with Gasteiger partial charge < -0.3 is 39.4 Å². The third-order valence-electron chi connectivity index (χ3n) is 3.57. The number of rotatable bonds is 16. The highest BCUT2D eigenvalue weighted by Gasteiger charge is 2.09. The molecule has 0 aliphatic carbocycles. The van der Waals surface area contributed by atoms with Crippen molar-refractivity contribution in [3.63, 3.8) is 0 Å². The van der Waals surface area contributed by atoms with E-state index in [2.05, 4.69) is 6.92 Å². The first kappa shape index (κ1) is 34.8. The molecule has 0 aromatic heterocycles. The second-order valence-corrected chi connectivity index (χ2v) is 7.43. The smallest absolute Gasteiger partial charge is 0.303 e. The molecule has 0 saturated carbocycles. The summed E-state index contributed by atoms with van der Waals surface area (Å²) in [6.07, 6.45) is 1.88. The first-order chi connectivity index (χ1) is 14.5. The van der Waals surface area contributed by atoms with Crippen molar-refractivity contribution in [3.8, 4) is 0 Å². The summed E-state index contributed by atoms with van der Waals surface area (Å²) in [6, 6.07) is 0. The maximum absolute atomic E-state index is 9.37. The Labute approximate surface area is 188 Å². The standard InChI is InChI=1S/C13H28O4.C6H14O3.C3H6O2/c1-5-6-7-15-12(3)9-17-13(4)10-16-11(2)8-14;1-5(8)4-9-6(2)3-7;1-2-3(4)5/h11-14H,5-10H2,1-4H3;5-8H,3-4H2,1-2H3;2H2,1H3,(H,4,5). The van der Waals surface area contributed by atoms with Crippen LogP contribution in [0.25, 0.3) is 0 Å². The summed E-state index contributed by atoms with van der Waals surface area (Å²) in [6.45, 7) is 15.2. The van der Waals surface area contributed by atoms with Gasteiger partial charge in [0.25, 0.3) is 0 Å². The number of unbranched alkanes of at least 4 members (excludes halogenated alkanes) is 1. The number of ether oxygens (including phenoxy) is 4. The van der Waals surface area contributed by atoms with Crippen LogP contribution in [0.1, 0.15) is 67.7 Å². The van der Waals surface area contributed by atoms with Crippen LogP contribution in [0.3, 0.4) is 0 Å². The molecule has 9 heteroatoms. The molecule has 0 radical (unpaired) electrons. The third kappa shape index (κ3) is 34.0. The predicted octanol–water partition coefficient (Wildman–Crippen LogP) is 2.24. The molecule has 0 aliphatic rings. The zero-order chi connectivity index (χ0) is 24.7. The minimum absolute atomic E-state index is 0.00667. The van der Waals surface area contributed by atoms with Gasteiger partial charge in [0.1, 0.15) is 0 Å². The maximum Gasteiger partial charge on any atom is 0.303 e. The Morgan fingerprint density at radius 3 is 1.48 bits per heavy atom. The number of aliphatic hydroxyl groups is 3. The quantitative estimate of drug-likeness (QED) is 0.258. The van der Waals surface area contributed by atoms with Crippen molar-refractivity contribution < 1.29 is 44.2 Å². The summed E-state index contributed by atoms with van der Waals surface area (Å²) in [5, 5.41) is 33.7. The SMILES string of the molecule is CC(O)COC(C)CO.CCC(=O)O.CCCCOC(C)COC(C)COC(C)CO. The topological polar surface area (TPSA) is 135 Å². The Morgan fingerprint density at radius 1 is 0.742 bits per heavy atom. The summed E-state index contributed by atoms with van der Waals surface area (Å²) in [5.41, 5.74) is 0. The van der Waals surface area contributed by atoms with Crippen molar-refractivity contribution in [1.29, 1.82) is 0 Å². The highest BCUT2D eigenvalue weighted by molar-refractivity contribution is 5.66. The van der Waals surface area contributed by atoms with Crippen LogP contribution < -0.4 is 0 Å². The van der Waals surface area contributed by atoms with Gasteiger partial charge in [-0.2, -0.15) is 0 Å². The Morgan fingerprint density at radius 2 is 1.13 bits per heavy atom. The molecule has 9 nitrogen and oxygen atoms in total. The largest absolute Gasteiger partial charge is 0.481 e. The Hall–Kier alpha value is -0.810. The van der Waals surface area contributed by atoms with E-state index in [1.807, 2.05) is 20.8 Å². The van der Waals surface area contributed by atoms with Crippen molar-refractivity contribution >= 4 is 5.97 Å². The number of hydrogen-bond donors (Lipinski definition) is 4. The van der Waals surface area contributed by atoms with Crippen LogP contribution in [0.2, 0.25) is 0 Å². The van der Waals surface area contributed by atoms with E-state index in [1.54, 1.807) is 20.8 Å². The number of hydrogen-bond acceptors (Lipinski definition) is 8. The fraction of sp³-hybridized carbons (Fsp3) is 0.955. The van der Waals surface area contributed by atoms with E-state index < -0.39 is 12.1 Å². The summed E-state index contributed by atoms with van der Waals surface area (Å²) in [4.78, 5) is 9.37. The number of carbonyl (C=O) groups is 1. The van der Waals surface area contributed by atoms with Crippen molar-refractivity contribution in [2.75, 3.05) is 39.6 Å². The fourth-order valence-corrected chi connectivity index (χ4v) is 1.53. The third-order valence-corrected chi connectivity index (χ3v) is 3.57. The van der Waals surface area contributed by atoms with Gasteiger partial charge in [-0.05, 0) is 41.0 Å². The van der Waals surface area contributed by atoms with Crippen LogP contribution in [0.5, 0.6) is 0 Å². The molecule has 0 amide bonds. The zero-order valence-electron chi connectivity index (χ0n) is 20.6. The Kier molecular flexibility index (Phi) is 28.6. The molecule has 0 spiro atoms. The molecule has 5 unspecified atom stereocenters. The van der Waals surface area contributed by atoms with Crippen LogP contribution in [0.15, 0.2) is 0 Å². The molecule has 0 saturated heterocycles. The van der Waals surface area contributed by atoms with E-state index in [4.69, 9.17) is 39.4 Å². The summed E-state index contributed by atoms with van der Waals surface area (Å²) >= 11 is 0.